The van der Waals surface area contributed by atoms with Crippen molar-refractivity contribution in [2.24, 2.45) is 0 Å². The number of hydrogen-bond acceptors (Lipinski definition) is 3. The van der Waals surface area contributed by atoms with Crippen LogP contribution in [0.5, 0.6) is 0 Å². The van der Waals surface area contributed by atoms with Gasteiger partial charge in [0, 0.05) is 43.2 Å². The molecule has 2 rings (SSSR count). The first-order valence-corrected chi connectivity index (χ1v) is 8.23. The molecule has 1 fully saturated rings. The lowest BCUT2D eigenvalue weighted by Gasteiger charge is -2.43. The normalized spacial score (nSPS) is 19.4. The number of hydrogen-bond donors (Lipinski definition) is 1. The molecule has 21 heavy (non-hydrogen) atoms. The fourth-order valence-electron chi connectivity index (χ4n) is 3.07. The van der Waals surface area contributed by atoms with Gasteiger partial charge in [0.15, 0.2) is 0 Å². The van der Waals surface area contributed by atoms with Gasteiger partial charge in [0.2, 0.25) is 0 Å². The van der Waals surface area contributed by atoms with E-state index >= 15 is 0 Å². The molecular weight excluding hydrogens is 337 g/mol. The summed E-state index contributed by atoms with van der Waals surface area (Å²) in [5.41, 5.74) is 0.422. The van der Waals surface area contributed by atoms with Gasteiger partial charge in [-0.25, -0.2) is 4.39 Å². The maximum Gasteiger partial charge on any atom is 0.126 e. The minimum atomic E-state index is -0.281. The SMILES string of the molecule is CCOC1(C(Cc2cc(Br)ccc2F)NC)CCOCC1. The molecule has 1 aliphatic rings. The van der Waals surface area contributed by atoms with E-state index in [0.29, 0.717) is 31.8 Å². The lowest BCUT2D eigenvalue weighted by Crippen LogP contribution is -2.55. The molecule has 0 amide bonds. The molecule has 1 aromatic rings. The van der Waals surface area contributed by atoms with Crippen molar-refractivity contribution in [3.05, 3.63) is 34.1 Å². The number of benzene rings is 1. The predicted octanol–water partition coefficient (Wildman–Crippen LogP) is 3.30. The third-order valence-corrected chi connectivity index (χ3v) is 4.68. The predicted molar refractivity (Wildman–Crippen MR) is 85.1 cm³/mol. The Balaban J connectivity index is 2.22. The molecule has 0 saturated carbocycles. The summed E-state index contributed by atoms with van der Waals surface area (Å²) in [5, 5.41) is 3.33. The van der Waals surface area contributed by atoms with E-state index in [0.717, 1.165) is 17.3 Å². The van der Waals surface area contributed by atoms with Crippen LogP contribution in [0.25, 0.3) is 0 Å². The lowest BCUT2D eigenvalue weighted by atomic mass is 9.82. The molecule has 118 valence electrons. The lowest BCUT2D eigenvalue weighted by molar-refractivity contribution is -0.125. The largest absolute Gasteiger partial charge is 0.381 e. The zero-order chi connectivity index (χ0) is 15.3. The fourth-order valence-corrected chi connectivity index (χ4v) is 3.48. The zero-order valence-corrected chi connectivity index (χ0v) is 14.2. The second kappa shape index (κ2) is 7.68. The Morgan fingerprint density at radius 3 is 2.76 bits per heavy atom. The van der Waals surface area contributed by atoms with Crippen molar-refractivity contribution in [1.82, 2.24) is 5.32 Å². The Kier molecular flexibility index (Phi) is 6.17. The van der Waals surface area contributed by atoms with Gasteiger partial charge in [0.25, 0.3) is 0 Å². The summed E-state index contributed by atoms with van der Waals surface area (Å²) in [5.74, 6) is -0.169. The van der Waals surface area contributed by atoms with Gasteiger partial charge in [-0.1, -0.05) is 15.9 Å². The van der Waals surface area contributed by atoms with Crippen LogP contribution in [0.15, 0.2) is 22.7 Å². The van der Waals surface area contributed by atoms with Crippen molar-refractivity contribution < 1.29 is 13.9 Å². The second-order valence-electron chi connectivity index (χ2n) is 5.39. The van der Waals surface area contributed by atoms with E-state index < -0.39 is 0 Å². The van der Waals surface area contributed by atoms with Crippen molar-refractivity contribution >= 4 is 15.9 Å². The van der Waals surface area contributed by atoms with Crippen LogP contribution in [-0.4, -0.2) is 38.5 Å². The van der Waals surface area contributed by atoms with E-state index in [1.54, 1.807) is 6.07 Å². The van der Waals surface area contributed by atoms with Crippen LogP contribution in [0.1, 0.15) is 25.3 Å². The van der Waals surface area contributed by atoms with Crippen LogP contribution in [0, 0.1) is 5.82 Å². The van der Waals surface area contributed by atoms with E-state index in [4.69, 9.17) is 9.47 Å². The Morgan fingerprint density at radius 1 is 1.43 bits per heavy atom. The van der Waals surface area contributed by atoms with E-state index in [-0.39, 0.29) is 17.5 Å². The second-order valence-corrected chi connectivity index (χ2v) is 6.31. The molecule has 1 N–H and O–H groups in total. The molecule has 1 unspecified atom stereocenters. The quantitative estimate of drug-likeness (QED) is 0.845. The van der Waals surface area contributed by atoms with Crippen LogP contribution in [0.2, 0.25) is 0 Å². The third-order valence-electron chi connectivity index (χ3n) is 4.19. The van der Waals surface area contributed by atoms with Gasteiger partial charge >= 0.3 is 0 Å². The highest BCUT2D eigenvalue weighted by atomic mass is 79.9. The van der Waals surface area contributed by atoms with E-state index in [1.165, 1.54) is 6.07 Å². The maximum absolute atomic E-state index is 14.0. The van der Waals surface area contributed by atoms with E-state index in [2.05, 4.69) is 21.2 Å². The number of likely N-dealkylation sites (N-methyl/N-ethyl adjacent to an activating group) is 1. The van der Waals surface area contributed by atoms with Crippen LogP contribution < -0.4 is 5.32 Å². The van der Waals surface area contributed by atoms with Gasteiger partial charge in [-0.2, -0.15) is 0 Å². The van der Waals surface area contributed by atoms with Gasteiger partial charge in [-0.3, -0.25) is 0 Å². The van der Waals surface area contributed by atoms with Crippen molar-refractivity contribution in [1.29, 1.82) is 0 Å². The first-order chi connectivity index (χ1) is 10.1. The van der Waals surface area contributed by atoms with Crippen LogP contribution >= 0.6 is 15.9 Å². The molecule has 0 spiro atoms. The Bertz CT molecular complexity index is 458. The third kappa shape index (κ3) is 4.03. The molecule has 1 saturated heterocycles. The highest BCUT2D eigenvalue weighted by molar-refractivity contribution is 9.10. The number of rotatable bonds is 6. The number of nitrogens with one attached hydrogen (secondary N) is 1. The molecule has 3 nitrogen and oxygen atoms in total. The summed E-state index contributed by atoms with van der Waals surface area (Å²) >= 11 is 3.41. The first-order valence-electron chi connectivity index (χ1n) is 7.44. The summed E-state index contributed by atoms with van der Waals surface area (Å²) in [6.07, 6.45) is 2.27. The average Bonchev–Trinajstić information content (AvgIpc) is 2.49. The van der Waals surface area contributed by atoms with E-state index in [9.17, 15) is 4.39 Å². The molecule has 0 bridgehead atoms. The maximum atomic E-state index is 14.0. The minimum Gasteiger partial charge on any atom is -0.381 e. The van der Waals surface area contributed by atoms with Crippen molar-refractivity contribution in [3.63, 3.8) is 0 Å². The number of ether oxygens (including phenoxy) is 2. The summed E-state index contributed by atoms with van der Waals surface area (Å²) in [6.45, 7) is 4.04. The highest BCUT2D eigenvalue weighted by Gasteiger charge is 2.40. The minimum absolute atomic E-state index is 0.0603. The van der Waals surface area contributed by atoms with Crippen molar-refractivity contribution in [2.75, 3.05) is 26.9 Å². The van der Waals surface area contributed by atoms with Gasteiger partial charge in [-0.15, -0.1) is 0 Å². The summed E-state index contributed by atoms with van der Waals surface area (Å²) in [6, 6.07) is 5.13. The highest BCUT2D eigenvalue weighted by Crippen LogP contribution is 2.31. The first kappa shape index (κ1) is 16.9. The molecular formula is C16H23BrFNO2. The fraction of sp³-hybridized carbons (Fsp3) is 0.625. The molecule has 1 heterocycles. The molecule has 1 aromatic carbocycles. The van der Waals surface area contributed by atoms with Gasteiger partial charge < -0.3 is 14.8 Å². The topological polar surface area (TPSA) is 30.5 Å². The average molecular weight is 360 g/mol. The standard InChI is InChI=1S/C16H23BrFNO2/c1-3-21-16(6-8-20-9-7-16)15(19-2)11-12-10-13(17)4-5-14(12)18/h4-5,10,15,19H,3,6-9,11H2,1-2H3. The molecule has 0 radical (unpaired) electrons. The summed E-state index contributed by atoms with van der Waals surface area (Å²) in [4.78, 5) is 0. The Morgan fingerprint density at radius 2 is 2.14 bits per heavy atom. The number of halogens is 2. The zero-order valence-electron chi connectivity index (χ0n) is 12.6. The smallest absolute Gasteiger partial charge is 0.126 e. The van der Waals surface area contributed by atoms with Gasteiger partial charge in [0.1, 0.15) is 5.82 Å². The summed E-state index contributed by atoms with van der Waals surface area (Å²) in [7, 11) is 1.91. The molecule has 0 aliphatic carbocycles. The van der Waals surface area contributed by atoms with Gasteiger partial charge in [0.05, 0.1) is 5.60 Å². The molecule has 0 aromatic heterocycles. The molecule has 1 aliphatic heterocycles. The van der Waals surface area contributed by atoms with Crippen LogP contribution in [0.3, 0.4) is 0 Å². The summed E-state index contributed by atoms with van der Waals surface area (Å²) < 4.78 is 26.5. The van der Waals surface area contributed by atoms with Crippen molar-refractivity contribution in [2.45, 2.75) is 37.8 Å². The Hall–Kier alpha value is -0.490. The van der Waals surface area contributed by atoms with Crippen molar-refractivity contribution in [3.8, 4) is 0 Å². The Labute approximate surface area is 134 Å². The monoisotopic (exact) mass is 359 g/mol. The van der Waals surface area contributed by atoms with Crippen LogP contribution in [0.4, 0.5) is 4.39 Å². The molecule has 5 heteroatoms. The van der Waals surface area contributed by atoms with Gasteiger partial charge in [-0.05, 0) is 44.2 Å². The van der Waals surface area contributed by atoms with Crippen LogP contribution in [-0.2, 0) is 15.9 Å². The van der Waals surface area contributed by atoms with E-state index in [1.807, 2.05) is 20.0 Å². The molecule has 1 atom stereocenters.